The van der Waals surface area contributed by atoms with Crippen LogP contribution in [0.3, 0.4) is 0 Å². The SMILES string of the molecule is CC(=O)c1cccc(S(=O)(=O)NC2CCCCCC2O)c1. The van der Waals surface area contributed by atoms with Crippen molar-refractivity contribution in [2.75, 3.05) is 0 Å². The van der Waals surface area contributed by atoms with Crippen LogP contribution in [0.25, 0.3) is 0 Å². The minimum absolute atomic E-state index is 0.0617. The molecule has 21 heavy (non-hydrogen) atoms. The highest BCUT2D eigenvalue weighted by atomic mass is 32.2. The third-order valence-electron chi connectivity index (χ3n) is 3.84. The van der Waals surface area contributed by atoms with Crippen LogP contribution in [0.5, 0.6) is 0 Å². The predicted molar refractivity (Wildman–Crippen MR) is 79.6 cm³/mol. The predicted octanol–water partition coefficient (Wildman–Crippen LogP) is 1.86. The number of hydrogen-bond acceptors (Lipinski definition) is 4. The molecule has 1 aliphatic carbocycles. The first-order valence-electron chi connectivity index (χ1n) is 7.21. The van der Waals surface area contributed by atoms with Crippen LogP contribution in [-0.2, 0) is 10.0 Å². The average Bonchev–Trinajstić information content (AvgIpc) is 2.64. The Morgan fingerprint density at radius 3 is 2.67 bits per heavy atom. The summed E-state index contributed by atoms with van der Waals surface area (Å²) < 4.78 is 27.4. The van der Waals surface area contributed by atoms with Gasteiger partial charge in [0.2, 0.25) is 10.0 Å². The van der Waals surface area contributed by atoms with Crippen LogP contribution in [0.2, 0.25) is 0 Å². The number of hydrogen-bond donors (Lipinski definition) is 2. The van der Waals surface area contributed by atoms with Crippen molar-refractivity contribution in [1.82, 2.24) is 4.72 Å². The Morgan fingerprint density at radius 2 is 1.95 bits per heavy atom. The first-order valence-corrected chi connectivity index (χ1v) is 8.70. The van der Waals surface area contributed by atoms with Gasteiger partial charge < -0.3 is 5.11 Å². The molecule has 0 bridgehead atoms. The first kappa shape index (κ1) is 16.1. The number of benzene rings is 1. The smallest absolute Gasteiger partial charge is 0.240 e. The number of carbonyl (C=O) groups is 1. The van der Waals surface area contributed by atoms with Gasteiger partial charge in [-0.05, 0) is 31.9 Å². The van der Waals surface area contributed by atoms with E-state index in [9.17, 15) is 18.3 Å². The van der Waals surface area contributed by atoms with Gasteiger partial charge in [0.15, 0.2) is 5.78 Å². The molecule has 6 heteroatoms. The molecule has 1 fully saturated rings. The molecule has 116 valence electrons. The van der Waals surface area contributed by atoms with Gasteiger partial charge in [-0.3, -0.25) is 4.79 Å². The van der Waals surface area contributed by atoms with E-state index in [1.165, 1.54) is 19.1 Å². The second kappa shape index (κ2) is 6.68. The van der Waals surface area contributed by atoms with Gasteiger partial charge in [0, 0.05) is 11.6 Å². The lowest BCUT2D eigenvalue weighted by Crippen LogP contribution is -2.42. The van der Waals surface area contributed by atoms with E-state index in [2.05, 4.69) is 4.72 Å². The summed E-state index contributed by atoms with van der Waals surface area (Å²) in [4.78, 5) is 11.4. The van der Waals surface area contributed by atoms with Crippen LogP contribution in [0.4, 0.5) is 0 Å². The van der Waals surface area contributed by atoms with Crippen LogP contribution in [0, 0.1) is 0 Å². The number of aliphatic hydroxyl groups excluding tert-OH is 1. The maximum Gasteiger partial charge on any atom is 0.240 e. The summed E-state index contributed by atoms with van der Waals surface area (Å²) >= 11 is 0. The number of nitrogens with one attached hydrogen (secondary N) is 1. The molecule has 0 amide bonds. The Hall–Kier alpha value is -1.24. The largest absolute Gasteiger partial charge is 0.391 e. The van der Waals surface area contributed by atoms with Crippen LogP contribution in [-0.4, -0.2) is 31.5 Å². The highest BCUT2D eigenvalue weighted by molar-refractivity contribution is 7.89. The number of ketones is 1. The Morgan fingerprint density at radius 1 is 1.24 bits per heavy atom. The third-order valence-corrected chi connectivity index (χ3v) is 5.32. The monoisotopic (exact) mass is 311 g/mol. The summed E-state index contributed by atoms with van der Waals surface area (Å²) in [6.45, 7) is 1.40. The lowest BCUT2D eigenvalue weighted by atomic mass is 10.1. The van der Waals surface area contributed by atoms with Crippen molar-refractivity contribution in [3.63, 3.8) is 0 Å². The van der Waals surface area contributed by atoms with E-state index in [0.717, 1.165) is 19.3 Å². The van der Waals surface area contributed by atoms with Crippen LogP contribution < -0.4 is 4.72 Å². The second-order valence-electron chi connectivity index (χ2n) is 5.52. The Balaban J connectivity index is 2.21. The summed E-state index contributed by atoms with van der Waals surface area (Å²) in [7, 11) is -3.73. The molecule has 1 aliphatic rings. The minimum atomic E-state index is -3.73. The van der Waals surface area contributed by atoms with E-state index < -0.39 is 22.2 Å². The summed E-state index contributed by atoms with van der Waals surface area (Å²) in [6, 6.07) is 5.50. The van der Waals surface area contributed by atoms with Crippen LogP contribution in [0.1, 0.15) is 49.4 Å². The second-order valence-corrected chi connectivity index (χ2v) is 7.23. The van der Waals surface area contributed by atoms with E-state index in [1.807, 2.05) is 0 Å². The van der Waals surface area contributed by atoms with Crippen molar-refractivity contribution in [2.45, 2.75) is 56.1 Å². The molecule has 0 saturated heterocycles. The van der Waals surface area contributed by atoms with Gasteiger partial charge in [-0.25, -0.2) is 13.1 Å². The van der Waals surface area contributed by atoms with E-state index in [-0.39, 0.29) is 10.7 Å². The standard InChI is InChI=1S/C15H21NO4S/c1-11(17)12-6-5-7-13(10-12)21(19,20)16-14-8-3-2-4-9-15(14)18/h5-7,10,14-16,18H,2-4,8-9H2,1H3. The van der Waals surface area contributed by atoms with Crippen LogP contribution >= 0.6 is 0 Å². The van der Waals surface area contributed by atoms with Gasteiger partial charge in [0.1, 0.15) is 0 Å². The number of aliphatic hydroxyl groups is 1. The highest BCUT2D eigenvalue weighted by Crippen LogP contribution is 2.20. The molecule has 5 nitrogen and oxygen atoms in total. The zero-order valence-corrected chi connectivity index (χ0v) is 12.9. The van der Waals surface area contributed by atoms with Gasteiger partial charge >= 0.3 is 0 Å². The Labute approximate surface area is 125 Å². The molecule has 2 rings (SSSR count). The van der Waals surface area contributed by atoms with Crippen molar-refractivity contribution in [1.29, 1.82) is 0 Å². The molecule has 0 heterocycles. The summed E-state index contributed by atoms with van der Waals surface area (Å²) in [5.74, 6) is -0.179. The Bertz CT molecular complexity index is 612. The molecule has 1 aromatic carbocycles. The van der Waals surface area contributed by atoms with E-state index in [1.54, 1.807) is 12.1 Å². The molecular formula is C15H21NO4S. The molecule has 1 aromatic rings. The summed E-state index contributed by atoms with van der Waals surface area (Å²) in [5.41, 5.74) is 0.360. The number of sulfonamides is 1. The van der Waals surface area contributed by atoms with Crippen molar-refractivity contribution in [2.24, 2.45) is 0 Å². The lowest BCUT2D eigenvalue weighted by Gasteiger charge is -2.21. The van der Waals surface area contributed by atoms with Gasteiger partial charge in [0.05, 0.1) is 11.0 Å². The zero-order chi connectivity index (χ0) is 15.5. The molecule has 0 aliphatic heterocycles. The highest BCUT2D eigenvalue weighted by Gasteiger charge is 2.27. The maximum atomic E-state index is 12.4. The quantitative estimate of drug-likeness (QED) is 0.657. The number of carbonyl (C=O) groups excluding carboxylic acids is 1. The number of Topliss-reactive ketones (excluding diaryl/α,β-unsaturated/α-hetero) is 1. The third kappa shape index (κ3) is 4.12. The molecule has 0 spiro atoms. The fourth-order valence-corrected chi connectivity index (χ4v) is 3.92. The van der Waals surface area contributed by atoms with Crippen molar-refractivity contribution >= 4 is 15.8 Å². The summed E-state index contributed by atoms with van der Waals surface area (Å²) in [5, 5.41) is 10.0. The average molecular weight is 311 g/mol. The van der Waals surface area contributed by atoms with Gasteiger partial charge in [-0.1, -0.05) is 31.4 Å². The first-order chi connectivity index (χ1) is 9.90. The topological polar surface area (TPSA) is 83.5 Å². The van der Waals surface area contributed by atoms with Crippen molar-refractivity contribution in [3.8, 4) is 0 Å². The minimum Gasteiger partial charge on any atom is -0.391 e. The fraction of sp³-hybridized carbons (Fsp3) is 0.533. The van der Waals surface area contributed by atoms with E-state index >= 15 is 0 Å². The molecular weight excluding hydrogens is 290 g/mol. The van der Waals surface area contributed by atoms with Gasteiger partial charge in [-0.15, -0.1) is 0 Å². The van der Waals surface area contributed by atoms with Gasteiger partial charge in [-0.2, -0.15) is 0 Å². The molecule has 1 saturated carbocycles. The van der Waals surface area contributed by atoms with E-state index in [4.69, 9.17) is 0 Å². The fourth-order valence-electron chi connectivity index (χ4n) is 2.58. The van der Waals surface area contributed by atoms with Gasteiger partial charge in [0.25, 0.3) is 0 Å². The zero-order valence-electron chi connectivity index (χ0n) is 12.1. The van der Waals surface area contributed by atoms with Crippen LogP contribution in [0.15, 0.2) is 29.2 Å². The normalized spacial score (nSPS) is 23.5. The number of rotatable bonds is 4. The lowest BCUT2D eigenvalue weighted by molar-refractivity contribution is 0.101. The molecule has 0 radical (unpaired) electrons. The van der Waals surface area contributed by atoms with Crippen molar-refractivity contribution in [3.05, 3.63) is 29.8 Å². The molecule has 0 aromatic heterocycles. The summed E-state index contributed by atoms with van der Waals surface area (Å²) in [6.07, 6.45) is 3.41. The molecule has 2 N–H and O–H groups in total. The molecule has 2 atom stereocenters. The van der Waals surface area contributed by atoms with Crippen molar-refractivity contribution < 1.29 is 18.3 Å². The molecule has 2 unspecified atom stereocenters. The van der Waals surface area contributed by atoms with E-state index in [0.29, 0.717) is 18.4 Å². The Kier molecular flexibility index (Phi) is 5.13. The maximum absolute atomic E-state index is 12.4.